The summed E-state index contributed by atoms with van der Waals surface area (Å²) in [6, 6.07) is 7.26. The molecule has 0 aliphatic heterocycles. The predicted molar refractivity (Wildman–Crippen MR) is 78.3 cm³/mol. The maximum Gasteiger partial charge on any atom is 0.328 e. The van der Waals surface area contributed by atoms with Crippen LogP contribution < -0.4 is 9.47 Å². The van der Waals surface area contributed by atoms with Gasteiger partial charge in [-0.25, -0.2) is 4.79 Å². The van der Waals surface area contributed by atoms with Crippen LogP contribution in [0.4, 0.5) is 0 Å². The minimum absolute atomic E-state index is 0.435. The van der Waals surface area contributed by atoms with E-state index in [0.29, 0.717) is 23.7 Å². The first-order valence-corrected chi connectivity index (χ1v) is 6.86. The quantitative estimate of drug-likeness (QED) is 0.828. The monoisotopic (exact) mass is 290 g/mol. The molecule has 0 radical (unpaired) electrons. The van der Waals surface area contributed by atoms with Crippen molar-refractivity contribution in [3.05, 3.63) is 52.2 Å². The number of benzene rings is 1. The van der Waals surface area contributed by atoms with Crippen molar-refractivity contribution in [2.75, 3.05) is 7.11 Å². The van der Waals surface area contributed by atoms with Crippen LogP contribution in [0.3, 0.4) is 0 Å². The number of ether oxygens (including phenoxy) is 2. The molecule has 2 rings (SSSR count). The van der Waals surface area contributed by atoms with Gasteiger partial charge in [0, 0.05) is 17.7 Å². The maximum atomic E-state index is 10.6. The minimum Gasteiger partial charge on any atom is -0.497 e. The maximum absolute atomic E-state index is 10.6. The summed E-state index contributed by atoms with van der Waals surface area (Å²) in [5.74, 6) is 0.260. The number of aliphatic carboxylic acids is 1. The smallest absolute Gasteiger partial charge is 0.328 e. The fraction of sp³-hybridized carbons (Fsp3) is 0.133. The SMILES string of the molecule is COc1ccc(C=CC(=O)O)c(OCc2ccsc2)c1. The second-order valence-electron chi connectivity index (χ2n) is 4.00. The van der Waals surface area contributed by atoms with Crippen LogP contribution in [0.25, 0.3) is 6.08 Å². The summed E-state index contributed by atoms with van der Waals surface area (Å²) in [7, 11) is 1.57. The average molecular weight is 290 g/mol. The van der Waals surface area contributed by atoms with E-state index in [9.17, 15) is 4.79 Å². The van der Waals surface area contributed by atoms with Crippen molar-refractivity contribution in [1.82, 2.24) is 0 Å². The highest BCUT2D eigenvalue weighted by Gasteiger charge is 2.05. The Morgan fingerprint density at radius 2 is 2.25 bits per heavy atom. The first-order chi connectivity index (χ1) is 9.69. The van der Waals surface area contributed by atoms with Gasteiger partial charge in [0.15, 0.2) is 0 Å². The fourth-order valence-electron chi connectivity index (χ4n) is 1.60. The lowest BCUT2D eigenvalue weighted by molar-refractivity contribution is -0.131. The Kier molecular flexibility index (Phi) is 4.79. The van der Waals surface area contributed by atoms with E-state index in [2.05, 4.69) is 0 Å². The highest BCUT2D eigenvalue weighted by molar-refractivity contribution is 7.07. The van der Waals surface area contributed by atoms with Crippen LogP contribution >= 0.6 is 11.3 Å². The lowest BCUT2D eigenvalue weighted by Gasteiger charge is -2.10. The summed E-state index contributed by atoms with van der Waals surface area (Å²) in [6.07, 6.45) is 2.59. The topological polar surface area (TPSA) is 55.8 Å². The lowest BCUT2D eigenvalue weighted by atomic mass is 10.1. The molecule has 0 bridgehead atoms. The van der Waals surface area contributed by atoms with Gasteiger partial charge in [0.05, 0.1) is 7.11 Å². The van der Waals surface area contributed by atoms with Crippen molar-refractivity contribution in [1.29, 1.82) is 0 Å². The minimum atomic E-state index is -0.996. The molecular formula is C15H14O4S. The molecule has 0 saturated heterocycles. The molecule has 4 nitrogen and oxygen atoms in total. The lowest BCUT2D eigenvalue weighted by Crippen LogP contribution is -1.97. The van der Waals surface area contributed by atoms with Crippen molar-refractivity contribution in [3.8, 4) is 11.5 Å². The third kappa shape index (κ3) is 3.86. The van der Waals surface area contributed by atoms with Gasteiger partial charge in [0.2, 0.25) is 0 Å². The summed E-state index contributed by atoms with van der Waals surface area (Å²) in [4.78, 5) is 10.6. The summed E-state index contributed by atoms with van der Waals surface area (Å²) in [6.45, 7) is 0.435. The van der Waals surface area contributed by atoms with E-state index in [-0.39, 0.29) is 0 Å². The van der Waals surface area contributed by atoms with Crippen LogP contribution in [0.2, 0.25) is 0 Å². The highest BCUT2D eigenvalue weighted by Crippen LogP contribution is 2.27. The van der Waals surface area contributed by atoms with Crippen LogP contribution in [0.1, 0.15) is 11.1 Å². The molecule has 0 fully saturated rings. The van der Waals surface area contributed by atoms with E-state index < -0.39 is 5.97 Å². The predicted octanol–water partition coefficient (Wildman–Crippen LogP) is 3.43. The van der Waals surface area contributed by atoms with Gasteiger partial charge in [-0.1, -0.05) is 0 Å². The molecule has 0 saturated carbocycles. The molecule has 0 aliphatic carbocycles. The number of methoxy groups -OCH3 is 1. The molecule has 1 aromatic heterocycles. The van der Waals surface area contributed by atoms with Crippen LogP contribution in [-0.4, -0.2) is 18.2 Å². The summed E-state index contributed by atoms with van der Waals surface area (Å²) in [5, 5.41) is 12.7. The van der Waals surface area contributed by atoms with E-state index in [0.717, 1.165) is 11.6 Å². The van der Waals surface area contributed by atoms with Crippen LogP contribution in [0.15, 0.2) is 41.1 Å². The normalized spacial score (nSPS) is 10.7. The van der Waals surface area contributed by atoms with Gasteiger partial charge in [0.25, 0.3) is 0 Å². The van der Waals surface area contributed by atoms with Gasteiger partial charge in [-0.3, -0.25) is 0 Å². The van der Waals surface area contributed by atoms with Crippen molar-refractivity contribution in [2.24, 2.45) is 0 Å². The molecule has 1 aromatic carbocycles. The van der Waals surface area contributed by atoms with Gasteiger partial charge >= 0.3 is 5.97 Å². The molecule has 0 spiro atoms. The number of hydrogen-bond acceptors (Lipinski definition) is 4. The average Bonchev–Trinajstić information content (AvgIpc) is 2.96. The van der Waals surface area contributed by atoms with Crippen molar-refractivity contribution >= 4 is 23.4 Å². The van der Waals surface area contributed by atoms with Crippen molar-refractivity contribution in [2.45, 2.75) is 6.61 Å². The largest absolute Gasteiger partial charge is 0.497 e. The van der Waals surface area contributed by atoms with Gasteiger partial charge in [0.1, 0.15) is 18.1 Å². The van der Waals surface area contributed by atoms with E-state index >= 15 is 0 Å². The summed E-state index contributed by atoms with van der Waals surface area (Å²) in [5.41, 5.74) is 1.77. The third-order valence-electron chi connectivity index (χ3n) is 2.60. The first kappa shape index (κ1) is 14.1. The van der Waals surface area contributed by atoms with Crippen LogP contribution in [0.5, 0.6) is 11.5 Å². The number of carboxylic acid groups (broad SMARTS) is 1. The van der Waals surface area contributed by atoms with E-state index in [4.69, 9.17) is 14.6 Å². The zero-order chi connectivity index (χ0) is 14.4. The Balaban J connectivity index is 2.20. The first-order valence-electron chi connectivity index (χ1n) is 5.92. The number of carboxylic acids is 1. The number of thiophene rings is 1. The molecule has 5 heteroatoms. The molecule has 0 atom stereocenters. The summed E-state index contributed by atoms with van der Waals surface area (Å²) < 4.78 is 10.9. The number of carbonyl (C=O) groups is 1. The Morgan fingerprint density at radius 1 is 1.40 bits per heavy atom. The van der Waals surface area contributed by atoms with Gasteiger partial charge in [-0.05, 0) is 40.6 Å². The van der Waals surface area contributed by atoms with E-state index in [1.807, 2.05) is 16.8 Å². The van der Waals surface area contributed by atoms with Crippen LogP contribution in [-0.2, 0) is 11.4 Å². The molecule has 1 heterocycles. The summed E-state index contributed by atoms with van der Waals surface area (Å²) >= 11 is 1.60. The van der Waals surface area contributed by atoms with Gasteiger partial charge in [-0.2, -0.15) is 11.3 Å². The van der Waals surface area contributed by atoms with Crippen molar-refractivity contribution in [3.63, 3.8) is 0 Å². The molecular weight excluding hydrogens is 276 g/mol. The van der Waals surface area contributed by atoms with E-state index in [1.54, 1.807) is 36.6 Å². The molecule has 0 aliphatic rings. The molecule has 1 N–H and O–H groups in total. The highest BCUT2D eigenvalue weighted by atomic mass is 32.1. The molecule has 0 unspecified atom stereocenters. The second-order valence-corrected chi connectivity index (χ2v) is 4.78. The molecule has 0 amide bonds. The van der Waals surface area contributed by atoms with Crippen molar-refractivity contribution < 1.29 is 19.4 Å². The Hall–Kier alpha value is -2.27. The second kappa shape index (κ2) is 6.77. The van der Waals surface area contributed by atoms with Crippen LogP contribution in [0, 0.1) is 0 Å². The van der Waals surface area contributed by atoms with Gasteiger partial charge in [-0.15, -0.1) is 0 Å². The molecule has 2 aromatic rings. The fourth-order valence-corrected chi connectivity index (χ4v) is 2.25. The van der Waals surface area contributed by atoms with Gasteiger partial charge < -0.3 is 14.6 Å². The zero-order valence-corrected chi connectivity index (χ0v) is 11.7. The molecule has 104 valence electrons. The number of rotatable bonds is 6. The standard InChI is InChI=1S/C15H14O4S/c1-18-13-4-2-12(3-5-15(16)17)14(8-13)19-9-11-6-7-20-10-11/h2-8,10H,9H2,1H3,(H,16,17). The number of hydrogen-bond donors (Lipinski definition) is 1. The Bertz CT molecular complexity index is 602. The molecule has 20 heavy (non-hydrogen) atoms. The zero-order valence-electron chi connectivity index (χ0n) is 10.9. The Labute approximate surface area is 120 Å². The Morgan fingerprint density at radius 3 is 2.90 bits per heavy atom. The third-order valence-corrected chi connectivity index (χ3v) is 3.33. The van der Waals surface area contributed by atoms with E-state index in [1.165, 1.54) is 6.08 Å².